The molecule has 1 aromatic rings. The molecule has 0 spiro atoms. The van der Waals surface area contributed by atoms with Crippen LogP contribution in [0, 0.1) is 0 Å². The number of amides is 1. The van der Waals surface area contributed by atoms with Crippen LogP contribution >= 0.6 is 27.3 Å². The minimum Gasteiger partial charge on any atom is -0.465 e. The number of ether oxygens (including phenoxy) is 2. The van der Waals surface area contributed by atoms with Gasteiger partial charge < -0.3 is 9.47 Å². The fourth-order valence-corrected chi connectivity index (χ4v) is 2.63. The van der Waals surface area contributed by atoms with Crippen molar-refractivity contribution in [1.82, 2.24) is 0 Å². The van der Waals surface area contributed by atoms with Crippen LogP contribution in [0.15, 0.2) is 10.5 Å². The minimum atomic E-state index is -0.570. The Bertz CT molecular complexity index is 464. The summed E-state index contributed by atoms with van der Waals surface area (Å²) in [7, 11) is 1.30. The van der Waals surface area contributed by atoms with Gasteiger partial charge in [0.1, 0.15) is 15.5 Å². The highest BCUT2D eigenvalue weighted by Gasteiger charge is 2.19. The number of anilines is 1. The number of carbonyl (C=O) groups is 2. The van der Waals surface area contributed by atoms with Crippen molar-refractivity contribution in [2.24, 2.45) is 0 Å². The van der Waals surface area contributed by atoms with Crippen molar-refractivity contribution in [3.63, 3.8) is 0 Å². The van der Waals surface area contributed by atoms with Gasteiger partial charge in [-0.25, -0.2) is 9.59 Å². The summed E-state index contributed by atoms with van der Waals surface area (Å²) < 4.78 is 10.3. The summed E-state index contributed by atoms with van der Waals surface area (Å²) in [6, 6.07) is 1.59. The third-order valence-electron chi connectivity index (χ3n) is 1.69. The molecule has 0 aromatic carbocycles. The molecular weight excluding hydrogens is 322 g/mol. The lowest BCUT2D eigenvalue weighted by Crippen LogP contribution is -2.27. The Hall–Kier alpha value is -1.08. The second kappa shape index (κ2) is 5.71. The molecule has 0 bridgehead atoms. The van der Waals surface area contributed by atoms with Gasteiger partial charge in [0.15, 0.2) is 0 Å². The molecule has 1 rings (SSSR count). The van der Waals surface area contributed by atoms with Gasteiger partial charge in [-0.15, -0.1) is 11.3 Å². The van der Waals surface area contributed by atoms with Crippen LogP contribution in [0.1, 0.15) is 30.4 Å². The monoisotopic (exact) mass is 335 g/mol. The standard InChI is InChI=1S/C11H14BrNO4S/c1-11(2,3)17-10(15)13-8-6(12)5-7(18-8)9(14)16-4/h5H,1-4H3,(H,13,15). The maximum Gasteiger partial charge on any atom is 0.412 e. The molecule has 7 heteroatoms. The van der Waals surface area contributed by atoms with Crippen LogP contribution in [0.2, 0.25) is 0 Å². The van der Waals surface area contributed by atoms with E-state index < -0.39 is 17.7 Å². The topological polar surface area (TPSA) is 64.6 Å². The molecule has 0 radical (unpaired) electrons. The average molecular weight is 336 g/mol. The van der Waals surface area contributed by atoms with E-state index in [0.29, 0.717) is 14.4 Å². The van der Waals surface area contributed by atoms with Crippen LogP contribution in [-0.4, -0.2) is 24.8 Å². The first kappa shape index (κ1) is 15.0. The second-order valence-corrected chi connectivity index (χ2v) is 6.31. The summed E-state index contributed by atoms with van der Waals surface area (Å²) >= 11 is 4.37. The number of esters is 1. The number of methoxy groups -OCH3 is 1. The molecule has 0 fully saturated rings. The van der Waals surface area contributed by atoms with Crippen LogP contribution in [0.3, 0.4) is 0 Å². The first-order valence-electron chi connectivity index (χ1n) is 5.10. The van der Waals surface area contributed by atoms with Crippen LogP contribution in [0.5, 0.6) is 0 Å². The number of nitrogens with one attached hydrogen (secondary N) is 1. The Labute approximate surface area is 118 Å². The lowest BCUT2D eigenvalue weighted by molar-refractivity contribution is 0.0603. The van der Waals surface area contributed by atoms with Crippen molar-refractivity contribution in [1.29, 1.82) is 0 Å². The van der Waals surface area contributed by atoms with E-state index in [0.717, 1.165) is 11.3 Å². The van der Waals surface area contributed by atoms with E-state index in [1.165, 1.54) is 7.11 Å². The van der Waals surface area contributed by atoms with E-state index in [1.54, 1.807) is 26.8 Å². The quantitative estimate of drug-likeness (QED) is 0.838. The Kier molecular flexibility index (Phi) is 4.75. The predicted molar refractivity (Wildman–Crippen MR) is 73.2 cm³/mol. The van der Waals surface area contributed by atoms with Gasteiger partial charge in [-0.3, -0.25) is 5.32 Å². The molecular formula is C11H14BrNO4S. The van der Waals surface area contributed by atoms with Crippen LogP contribution in [0.4, 0.5) is 9.80 Å². The normalized spacial score (nSPS) is 10.9. The maximum atomic E-state index is 11.6. The number of halogens is 1. The van der Waals surface area contributed by atoms with Crippen molar-refractivity contribution in [3.8, 4) is 0 Å². The number of hydrogen-bond donors (Lipinski definition) is 1. The van der Waals surface area contributed by atoms with Crippen LogP contribution in [0.25, 0.3) is 0 Å². The van der Waals surface area contributed by atoms with Gasteiger partial charge in [-0.05, 0) is 42.8 Å². The maximum absolute atomic E-state index is 11.6. The lowest BCUT2D eigenvalue weighted by Gasteiger charge is -2.19. The third-order valence-corrected chi connectivity index (χ3v) is 3.61. The summed E-state index contributed by atoms with van der Waals surface area (Å²) in [6.45, 7) is 5.32. The van der Waals surface area contributed by atoms with Crippen molar-refractivity contribution in [2.75, 3.05) is 12.4 Å². The molecule has 5 nitrogen and oxygen atoms in total. The van der Waals surface area contributed by atoms with E-state index in [9.17, 15) is 9.59 Å². The smallest absolute Gasteiger partial charge is 0.412 e. The Morgan fingerprint density at radius 3 is 2.50 bits per heavy atom. The number of rotatable bonds is 2. The molecule has 0 saturated heterocycles. The van der Waals surface area contributed by atoms with E-state index in [-0.39, 0.29) is 0 Å². The fraction of sp³-hybridized carbons (Fsp3) is 0.455. The molecule has 18 heavy (non-hydrogen) atoms. The summed E-state index contributed by atoms with van der Waals surface area (Å²) in [4.78, 5) is 23.3. The highest BCUT2D eigenvalue weighted by atomic mass is 79.9. The number of carbonyl (C=O) groups excluding carboxylic acids is 2. The van der Waals surface area contributed by atoms with Crippen molar-refractivity contribution in [2.45, 2.75) is 26.4 Å². The molecule has 0 atom stereocenters. The highest BCUT2D eigenvalue weighted by molar-refractivity contribution is 9.10. The third kappa shape index (κ3) is 4.30. The average Bonchev–Trinajstić information content (AvgIpc) is 2.56. The Balaban J connectivity index is 2.76. The minimum absolute atomic E-state index is 0.399. The van der Waals surface area contributed by atoms with Gasteiger partial charge >= 0.3 is 12.1 Å². The zero-order valence-electron chi connectivity index (χ0n) is 10.5. The molecule has 0 aliphatic carbocycles. The van der Waals surface area contributed by atoms with E-state index in [1.807, 2.05) is 0 Å². The summed E-state index contributed by atoms with van der Waals surface area (Å²) in [5.41, 5.74) is -0.570. The first-order chi connectivity index (χ1) is 8.23. The second-order valence-electron chi connectivity index (χ2n) is 4.41. The summed E-state index contributed by atoms with van der Waals surface area (Å²) in [6.07, 6.45) is -0.568. The zero-order valence-corrected chi connectivity index (χ0v) is 12.9. The zero-order chi connectivity index (χ0) is 13.9. The predicted octanol–water partition coefficient (Wildman–Crippen LogP) is 3.64. The number of hydrogen-bond acceptors (Lipinski definition) is 5. The molecule has 0 saturated carbocycles. The molecule has 100 valence electrons. The van der Waals surface area contributed by atoms with Gasteiger partial charge in [-0.2, -0.15) is 0 Å². The molecule has 0 aliphatic rings. The molecule has 1 heterocycles. The summed E-state index contributed by atoms with van der Waals surface area (Å²) in [5, 5.41) is 3.07. The highest BCUT2D eigenvalue weighted by Crippen LogP contribution is 2.33. The Morgan fingerprint density at radius 2 is 2.00 bits per heavy atom. The fourth-order valence-electron chi connectivity index (χ4n) is 1.05. The SMILES string of the molecule is COC(=O)c1cc(Br)c(NC(=O)OC(C)(C)C)s1. The van der Waals surface area contributed by atoms with E-state index in [2.05, 4.69) is 26.0 Å². The van der Waals surface area contributed by atoms with Crippen molar-refractivity contribution >= 4 is 44.3 Å². The first-order valence-corrected chi connectivity index (χ1v) is 6.71. The van der Waals surface area contributed by atoms with Gasteiger partial charge in [0.05, 0.1) is 11.6 Å². The molecule has 1 aromatic heterocycles. The van der Waals surface area contributed by atoms with Gasteiger partial charge in [0.2, 0.25) is 0 Å². The lowest BCUT2D eigenvalue weighted by atomic mass is 10.2. The van der Waals surface area contributed by atoms with E-state index >= 15 is 0 Å². The van der Waals surface area contributed by atoms with Crippen molar-refractivity contribution < 1.29 is 19.1 Å². The largest absolute Gasteiger partial charge is 0.465 e. The van der Waals surface area contributed by atoms with Gasteiger partial charge in [-0.1, -0.05) is 0 Å². The molecule has 0 unspecified atom stereocenters. The van der Waals surface area contributed by atoms with Gasteiger partial charge in [0.25, 0.3) is 0 Å². The molecule has 1 N–H and O–H groups in total. The van der Waals surface area contributed by atoms with Crippen molar-refractivity contribution in [3.05, 3.63) is 15.4 Å². The van der Waals surface area contributed by atoms with Crippen LogP contribution in [-0.2, 0) is 9.47 Å². The summed E-state index contributed by atoms with van der Waals surface area (Å²) in [5.74, 6) is -0.446. The van der Waals surface area contributed by atoms with E-state index in [4.69, 9.17) is 4.74 Å². The van der Waals surface area contributed by atoms with Crippen LogP contribution < -0.4 is 5.32 Å². The Morgan fingerprint density at radius 1 is 1.39 bits per heavy atom. The van der Waals surface area contributed by atoms with Gasteiger partial charge in [0, 0.05) is 0 Å². The number of thiophene rings is 1. The molecule has 1 amide bonds. The molecule has 0 aliphatic heterocycles.